The van der Waals surface area contributed by atoms with Crippen LogP contribution in [0.3, 0.4) is 0 Å². The van der Waals surface area contributed by atoms with E-state index in [9.17, 15) is 9.90 Å². The van der Waals surface area contributed by atoms with Gasteiger partial charge >= 0.3 is 6.09 Å². The third-order valence-corrected chi connectivity index (χ3v) is 10.9. The molecule has 2 aliphatic rings. The smallest absolute Gasteiger partial charge is 0.407 e. The standard InChI is InChI=1S/C32H45N9O4Si/c1-22-18-24(13-14-39(22)32(42)43)38(2)28-12-11-27(34-35-28)26-10-9-25(23-19-33-40(20-23)29-8-6-7-15-45-29)30-31(26)41(37-36-30)21-44-16-17-46(3,4)5/h9-12,19-20,22,24,29H,6-8,13-18,21H2,1-5H3,(H,42,43)/t22-,24-,29?/m1/s1. The van der Waals surface area contributed by atoms with Gasteiger partial charge in [0.15, 0.2) is 5.82 Å². The zero-order valence-corrected chi connectivity index (χ0v) is 28.5. The third-order valence-electron chi connectivity index (χ3n) is 9.16. The number of aromatic nitrogens is 7. The van der Waals surface area contributed by atoms with Gasteiger partial charge < -0.3 is 24.4 Å². The number of carbonyl (C=O) groups is 1. The topological polar surface area (TPSA) is 137 Å². The molecule has 4 aromatic rings. The molecule has 2 fully saturated rings. The van der Waals surface area contributed by atoms with Gasteiger partial charge in [-0.3, -0.25) is 0 Å². The molecule has 5 heterocycles. The van der Waals surface area contributed by atoms with Crippen molar-refractivity contribution in [3.63, 3.8) is 0 Å². The molecule has 0 spiro atoms. The third kappa shape index (κ3) is 6.93. The summed E-state index contributed by atoms with van der Waals surface area (Å²) in [5.74, 6) is 0.747. The lowest BCUT2D eigenvalue weighted by molar-refractivity contribution is -0.0394. The van der Waals surface area contributed by atoms with E-state index >= 15 is 0 Å². The number of benzene rings is 1. The van der Waals surface area contributed by atoms with Crippen molar-refractivity contribution in [2.75, 3.05) is 31.7 Å². The van der Waals surface area contributed by atoms with Crippen molar-refractivity contribution < 1.29 is 19.4 Å². The maximum atomic E-state index is 11.5. The number of fused-ring (bicyclic) bond motifs is 1. The molecule has 13 nitrogen and oxygen atoms in total. The molecule has 0 radical (unpaired) electrons. The van der Waals surface area contributed by atoms with Crippen molar-refractivity contribution >= 4 is 31.0 Å². The van der Waals surface area contributed by atoms with Crippen LogP contribution >= 0.6 is 0 Å². The second kappa shape index (κ2) is 13.5. The number of amides is 1. The van der Waals surface area contributed by atoms with Crippen molar-refractivity contribution in [1.29, 1.82) is 0 Å². The Bertz CT molecular complexity index is 1650. The molecule has 246 valence electrons. The summed E-state index contributed by atoms with van der Waals surface area (Å²) in [5.41, 5.74) is 5.03. The summed E-state index contributed by atoms with van der Waals surface area (Å²) in [6.07, 6.45) is 7.62. The summed E-state index contributed by atoms with van der Waals surface area (Å²) < 4.78 is 15.8. The van der Waals surface area contributed by atoms with E-state index < -0.39 is 14.2 Å². The minimum Gasteiger partial charge on any atom is -0.465 e. The highest BCUT2D eigenvalue weighted by atomic mass is 28.3. The van der Waals surface area contributed by atoms with Crippen molar-refractivity contribution in [1.82, 2.24) is 39.9 Å². The molecule has 1 amide bonds. The SMILES string of the molecule is C[C@@H]1C[C@H](N(C)c2ccc(-c3ccc(-c4cnn(C5CCCCO5)c4)c4nnn(COCC[Si](C)(C)C)c34)nn2)CCN1C(=O)O. The molecule has 3 atom stereocenters. The van der Waals surface area contributed by atoms with E-state index in [-0.39, 0.29) is 25.0 Å². The van der Waals surface area contributed by atoms with Gasteiger partial charge in [-0.1, -0.05) is 30.9 Å². The first-order chi connectivity index (χ1) is 22.1. The molecule has 1 unspecified atom stereocenters. The number of carboxylic acid groups (broad SMARTS) is 1. The lowest BCUT2D eigenvalue weighted by Crippen LogP contribution is -2.50. The fourth-order valence-corrected chi connectivity index (χ4v) is 7.10. The van der Waals surface area contributed by atoms with Gasteiger partial charge in [0.05, 0.1) is 11.9 Å². The minimum atomic E-state index is -1.24. The Morgan fingerprint density at radius 2 is 1.93 bits per heavy atom. The maximum Gasteiger partial charge on any atom is 0.407 e. The van der Waals surface area contributed by atoms with Crippen molar-refractivity contribution in [3.05, 3.63) is 36.7 Å². The molecule has 2 aliphatic heterocycles. The Morgan fingerprint density at radius 1 is 1.11 bits per heavy atom. The zero-order chi connectivity index (χ0) is 32.4. The van der Waals surface area contributed by atoms with E-state index in [1.807, 2.05) is 60.0 Å². The predicted molar refractivity (Wildman–Crippen MR) is 178 cm³/mol. The number of piperidine rings is 1. The first-order valence-corrected chi connectivity index (χ1v) is 20.0. The van der Waals surface area contributed by atoms with Crippen LogP contribution in [0.4, 0.5) is 10.6 Å². The zero-order valence-electron chi connectivity index (χ0n) is 27.5. The summed E-state index contributed by atoms with van der Waals surface area (Å²) in [5, 5.41) is 32.5. The fraction of sp³-hybridized carbons (Fsp3) is 0.562. The van der Waals surface area contributed by atoms with Gasteiger partial charge in [-0.2, -0.15) is 5.10 Å². The maximum absolute atomic E-state index is 11.5. The Hall–Kier alpha value is -3.88. The van der Waals surface area contributed by atoms with Crippen LogP contribution in [0.2, 0.25) is 25.7 Å². The molecule has 0 saturated carbocycles. The van der Waals surface area contributed by atoms with Crippen molar-refractivity contribution in [2.45, 2.75) is 89.8 Å². The number of hydrogen-bond donors (Lipinski definition) is 1. The number of rotatable bonds is 10. The largest absolute Gasteiger partial charge is 0.465 e. The molecule has 14 heteroatoms. The Balaban J connectivity index is 1.29. The lowest BCUT2D eigenvalue weighted by Gasteiger charge is -2.40. The highest BCUT2D eigenvalue weighted by molar-refractivity contribution is 6.76. The Morgan fingerprint density at radius 3 is 2.63 bits per heavy atom. The van der Waals surface area contributed by atoms with Crippen molar-refractivity contribution in [2.24, 2.45) is 0 Å². The Kier molecular flexibility index (Phi) is 9.38. The number of anilines is 1. The van der Waals surface area contributed by atoms with Gasteiger partial charge in [0.1, 0.15) is 24.0 Å². The van der Waals surface area contributed by atoms with Gasteiger partial charge in [-0.05, 0) is 63.3 Å². The van der Waals surface area contributed by atoms with Gasteiger partial charge in [-0.25, -0.2) is 14.2 Å². The van der Waals surface area contributed by atoms with Gasteiger partial charge in [0.2, 0.25) is 0 Å². The molecule has 46 heavy (non-hydrogen) atoms. The van der Waals surface area contributed by atoms with E-state index in [1.54, 1.807) is 0 Å². The molecular weight excluding hydrogens is 602 g/mol. The van der Waals surface area contributed by atoms with Crippen LogP contribution in [-0.4, -0.2) is 98.0 Å². The van der Waals surface area contributed by atoms with Crippen LogP contribution in [-0.2, 0) is 16.2 Å². The first kappa shape index (κ1) is 32.1. The summed E-state index contributed by atoms with van der Waals surface area (Å²) in [6, 6.07) is 9.23. The molecule has 3 aromatic heterocycles. The Labute approximate surface area is 270 Å². The highest BCUT2D eigenvalue weighted by Gasteiger charge is 2.31. The van der Waals surface area contributed by atoms with E-state index in [4.69, 9.17) is 9.47 Å². The number of ether oxygens (including phenoxy) is 2. The molecule has 6 rings (SSSR count). The number of likely N-dealkylation sites (tertiary alicyclic amines) is 1. The normalized spacial score (nSPS) is 20.7. The van der Waals surface area contributed by atoms with Crippen LogP contribution < -0.4 is 4.90 Å². The van der Waals surface area contributed by atoms with Gasteiger partial charge in [-0.15, -0.1) is 15.3 Å². The van der Waals surface area contributed by atoms with E-state index in [1.165, 1.54) is 4.90 Å². The first-order valence-electron chi connectivity index (χ1n) is 16.3. The quantitative estimate of drug-likeness (QED) is 0.168. The molecule has 0 aliphatic carbocycles. The molecule has 2 saturated heterocycles. The second-order valence-corrected chi connectivity index (χ2v) is 19.3. The van der Waals surface area contributed by atoms with E-state index in [0.717, 1.165) is 78.3 Å². The summed E-state index contributed by atoms with van der Waals surface area (Å²) in [7, 11) is 0.758. The molecule has 1 aromatic carbocycles. The van der Waals surface area contributed by atoms with Crippen LogP contribution in [0.25, 0.3) is 33.4 Å². The second-order valence-electron chi connectivity index (χ2n) is 13.7. The fourth-order valence-electron chi connectivity index (χ4n) is 6.34. The number of nitrogens with zero attached hydrogens (tertiary/aromatic N) is 9. The summed E-state index contributed by atoms with van der Waals surface area (Å²) in [6.45, 7) is 11.2. The van der Waals surface area contributed by atoms with Gasteiger partial charge in [0.25, 0.3) is 0 Å². The average Bonchev–Trinajstić information content (AvgIpc) is 3.71. The average molecular weight is 648 g/mol. The molecule has 1 N–H and O–H groups in total. The predicted octanol–water partition coefficient (Wildman–Crippen LogP) is 5.73. The van der Waals surface area contributed by atoms with Crippen LogP contribution in [0.5, 0.6) is 0 Å². The van der Waals surface area contributed by atoms with E-state index in [2.05, 4.69) is 50.1 Å². The lowest BCUT2D eigenvalue weighted by atomic mass is 9.97. The van der Waals surface area contributed by atoms with Crippen LogP contribution in [0.1, 0.15) is 45.3 Å². The summed E-state index contributed by atoms with van der Waals surface area (Å²) >= 11 is 0. The highest BCUT2D eigenvalue weighted by Crippen LogP contribution is 2.35. The monoisotopic (exact) mass is 647 g/mol. The number of hydrogen-bond acceptors (Lipinski definition) is 9. The van der Waals surface area contributed by atoms with Crippen LogP contribution in [0.15, 0.2) is 36.7 Å². The molecular formula is C32H45N9O4Si. The van der Waals surface area contributed by atoms with E-state index in [0.29, 0.717) is 18.8 Å². The van der Waals surface area contributed by atoms with Gasteiger partial charge in [0, 0.05) is 69.9 Å². The minimum absolute atomic E-state index is 0.0486. The summed E-state index contributed by atoms with van der Waals surface area (Å²) in [4.78, 5) is 15.1. The molecule has 0 bridgehead atoms. The van der Waals surface area contributed by atoms with Crippen LogP contribution in [0, 0.1) is 0 Å². The van der Waals surface area contributed by atoms with Crippen molar-refractivity contribution in [3.8, 4) is 22.4 Å².